The van der Waals surface area contributed by atoms with Crippen LogP contribution in [0.15, 0.2) is 46.9 Å². The van der Waals surface area contributed by atoms with Crippen LogP contribution in [0.25, 0.3) is 11.0 Å². The van der Waals surface area contributed by atoms with Gasteiger partial charge in [-0.05, 0) is 26.0 Å². The first-order valence-corrected chi connectivity index (χ1v) is 8.87. The number of esters is 1. The number of carbonyl (C=O) groups excluding carboxylic acids is 3. The lowest BCUT2D eigenvalue weighted by molar-refractivity contribution is -0.384. The smallest absolute Gasteiger partial charge is 0.338 e. The van der Waals surface area contributed by atoms with Crippen LogP contribution in [0.5, 0.6) is 0 Å². The highest BCUT2D eigenvalue weighted by atomic mass is 16.6. The Morgan fingerprint density at radius 1 is 1.07 bits per heavy atom. The number of nitro groups is 1. The number of carbonyl (C=O) groups is 3. The molecule has 0 unspecified atom stereocenters. The van der Waals surface area contributed by atoms with E-state index >= 15 is 0 Å². The minimum absolute atomic E-state index is 0.0164. The first-order chi connectivity index (χ1) is 14.3. The second kappa shape index (κ2) is 8.43. The molecule has 2 aromatic carbocycles. The molecule has 0 bridgehead atoms. The predicted octanol–water partition coefficient (Wildman–Crippen LogP) is 2.90. The van der Waals surface area contributed by atoms with E-state index in [2.05, 4.69) is 10.9 Å². The second-order valence-electron chi connectivity index (χ2n) is 6.21. The van der Waals surface area contributed by atoms with Gasteiger partial charge in [-0.25, -0.2) is 4.79 Å². The van der Waals surface area contributed by atoms with Gasteiger partial charge in [-0.2, -0.15) is 0 Å². The van der Waals surface area contributed by atoms with Crippen LogP contribution in [-0.4, -0.2) is 29.3 Å². The maximum absolute atomic E-state index is 12.4. The zero-order chi connectivity index (χ0) is 21.8. The maximum Gasteiger partial charge on any atom is 0.338 e. The predicted molar refractivity (Wildman–Crippen MR) is 105 cm³/mol. The lowest BCUT2D eigenvalue weighted by Gasteiger charge is -2.08. The molecular formula is C20H17N3O7. The average molecular weight is 411 g/mol. The van der Waals surface area contributed by atoms with E-state index in [1.807, 2.05) is 0 Å². The van der Waals surface area contributed by atoms with Crippen LogP contribution in [0.3, 0.4) is 0 Å². The fourth-order valence-electron chi connectivity index (χ4n) is 2.81. The van der Waals surface area contributed by atoms with Crippen molar-refractivity contribution in [1.82, 2.24) is 10.9 Å². The standard InChI is InChI=1S/C20H17N3O7/c1-3-29-20(26)13-8-12(9-14(10-13)23(27)28)18(24)21-22-19(25)17-11(2)15-6-4-5-7-16(15)30-17/h4-10H,3H2,1-2H3,(H,21,24)(H,22,25). The molecule has 154 valence electrons. The van der Waals surface area contributed by atoms with Crippen molar-refractivity contribution >= 4 is 34.4 Å². The summed E-state index contributed by atoms with van der Waals surface area (Å²) in [6.07, 6.45) is 0. The molecule has 0 saturated carbocycles. The Morgan fingerprint density at radius 2 is 1.73 bits per heavy atom. The molecule has 1 aromatic heterocycles. The van der Waals surface area contributed by atoms with E-state index in [1.165, 1.54) is 0 Å². The summed E-state index contributed by atoms with van der Waals surface area (Å²) in [5, 5.41) is 11.9. The number of nitrogens with zero attached hydrogens (tertiary/aromatic N) is 1. The van der Waals surface area contributed by atoms with E-state index in [-0.39, 0.29) is 23.5 Å². The molecule has 30 heavy (non-hydrogen) atoms. The number of amides is 2. The van der Waals surface area contributed by atoms with Crippen molar-refractivity contribution in [2.75, 3.05) is 6.61 Å². The van der Waals surface area contributed by atoms with E-state index in [9.17, 15) is 24.5 Å². The van der Waals surface area contributed by atoms with Gasteiger partial charge in [0.2, 0.25) is 0 Å². The molecule has 0 aliphatic rings. The average Bonchev–Trinajstić information content (AvgIpc) is 3.08. The van der Waals surface area contributed by atoms with Crippen molar-refractivity contribution in [2.24, 2.45) is 0 Å². The number of rotatable bonds is 5. The first-order valence-electron chi connectivity index (χ1n) is 8.87. The highest BCUT2D eigenvalue weighted by molar-refractivity contribution is 6.02. The van der Waals surface area contributed by atoms with Gasteiger partial charge in [-0.3, -0.25) is 30.6 Å². The summed E-state index contributed by atoms with van der Waals surface area (Å²) in [7, 11) is 0. The number of benzene rings is 2. The Kier molecular flexibility index (Phi) is 5.77. The Bertz CT molecular complexity index is 1170. The van der Waals surface area contributed by atoms with Gasteiger partial charge in [0.05, 0.1) is 17.1 Å². The number of nitro benzene ring substituents is 1. The van der Waals surface area contributed by atoms with Gasteiger partial charge >= 0.3 is 11.9 Å². The summed E-state index contributed by atoms with van der Waals surface area (Å²) in [5.41, 5.74) is 4.65. The van der Waals surface area contributed by atoms with Gasteiger partial charge in [0, 0.05) is 28.6 Å². The van der Waals surface area contributed by atoms with Crippen LogP contribution in [0.1, 0.15) is 43.8 Å². The van der Waals surface area contributed by atoms with Crippen molar-refractivity contribution in [3.8, 4) is 0 Å². The SMILES string of the molecule is CCOC(=O)c1cc(C(=O)NNC(=O)c2oc3ccccc3c2C)cc([N+](=O)[O-])c1. The quantitative estimate of drug-likeness (QED) is 0.373. The largest absolute Gasteiger partial charge is 0.462 e. The van der Waals surface area contributed by atoms with Crippen molar-refractivity contribution in [3.63, 3.8) is 0 Å². The van der Waals surface area contributed by atoms with Gasteiger partial charge in [-0.15, -0.1) is 0 Å². The normalized spacial score (nSPS) is 10.5. The Morgan fingerprint density at radius 3 is 2.40 bits per heavy atom. The number of para-hydroxylation sites is 1. The van der Waals surface area contributed by atoms with Gasteiger partial charge in [0.25, 0.3) is 11.6 Å². The van der Waals surface area contributed by atoms with Crippen molar-refractivity contribution in [3.05, 3.63) is 75.0 Å². The summed E-state index contributed by atoms with van der Waals surface area (Å²) in [6.45, 7) is 3.35. The van der Waals surface area contributed by atoms with E-state index in [0.717, 1.165) is 23.6 Å². The number of fused-ring (bicyclic) bond motifs is 1. The van der Waals surface area contributed by atoms with Crippen LogP contribution in [0.2, 0.25) is 0 Å². The number of hydrogen-bond acceptors (Lipinski definition) is 7. The summed E-state index contributed by atoms with van der Waals surface area (Å²) in [5.74, 6) is -2.35. The Hall–Kier alpha value is -4.21. The first kappa shape index (κ1) is 20.5. The third-order valence-corrected chi connectivity index (χ3v) is 4.24. The molecule has 3 rings (SSSR count). The number of non-ortho nitro benzene ring substituents is 1. The highest BCUT2D eigenvalue weighted by Gasteiger charge is 2.21. The third-order valence-electron chi connectivity index (χ3n) is 4.24. The summed E-state index contributed by atoms with van der Waals surface area (Å²) >= 11 is 0. The highest BCUT2D eigenvalue weighted by Crippen LogP contribution is 2.24. The third kappa shape index (κ3) is 4.12. The molecule has 10 heteroatoms. The molecule has 0 radical (unpaired) electrons. The van der Waals surface area contributed by atoms with Gasteiger partial charge < -0.3 is 9.15 Å². The van der Waals surface area contributed by atoms with Crippen molar-refractivity contribution < 1.29 is 28.5 Å². The maximum atomic E-state index is 12.4. The minimum atomic E-state index is -0.855. The summed E-state index contributed by atoms with van der Waals surface area (Å²) in [6, 6.07) is 10.2. The number of nitrogens with one attached hydrogen (secondary N) is 2. The minimum Gasteiger partial charge on any atom is -0.462 e. The molecule has 0 fully saturated rings. The zero-order valence-corrected chi connectivity index (χ0v) is 16.1. The van der Waals surface area contributed by atoms with Crippen LogP contribution in [-0.2, 0) is 4.74 Å². The molecule has 1 heterocycles. The molecule has 0 aliphatic carbocycles. The van der Waals surface area contributed by atoms with E-state index in [1.54, 1.807) is 38.1 Å². The molecule has 3 aromatic rings. The number of furan rings is 1. The van der Waals surface area contributed by atoms with Crippen molar-refractivity contribution in [1.29, 1.82) is 0 Å². The number of hydrogen-bond donors (Lipinski definition) is 2. The van der Waals surface area contributed by atoms with Crippen LogP contribution in [0.4, 0.5) is 5.69 Å². The van der Waals surface area contributed by atoms with E-state index < -0.39 is 28.4 Å². The number of aryl methyl sites for hydroxylation is 1. The molecule has 2 amide bonds. The van der Waals surface area contributed by atoms with Crippen LogP contribution >= 0.6 is 0 Å². The molecule has 0 saturated heterocycles. The van der Waals surface area contributed by atoms with E-state index in [4.69, 9.17) is 9.15 Å². The number of hydrazine groups is 1. The van der Waals surface area contributed by atoms with Gasteiger partial charge in [0.15, 0.2) is 5.76 Å². The van der Waals surface area contributed by atoms with Gasteiger partial charge in [-0.1, -0.05) is 18.2 Å². The van der Waals surface area contributed by atoms with E-state index in [0.29, 0.717) is 11.1 Å². The van der Waals surface area contributed by atoms with Crippen LogP contribution < -0.4 is 10.9 Å². The Labute approximate surface area is 169 Å². The molecule has 0 aliphatic heterocycles. The molecule has 2 N–H and O–H groups in total. The molecule has 0 atom stereocenters. The second-order valence-corrected chi connectivity index (χ2v) is 6.21. The lowest BCUT2D eigenvalue weighted by Crippen LogP contribution is -2.41. The number of ether oxygens (including phenoxy) is 1. The topological polar surface area (TPSA) is 141 Å². The summed E-state index contributed by atoms with van der Waals surface area (Å²) < 4.78 is 10.3. The molecule has 10 nitrogen and oxygen atoms in total. The molecule has 0 spiro atoms. The Balaban J connectivity index is 1.79. The molecular weight excluding hydrogens is 394 g/mol. The fourth-order valence-corrected chi connectivity index (χ4v) is 2.81. The zero-order valence-electron chi connectivity index (χ0n) is 16.1. The lowest BCUT2D eigenvalue weighted by atomic mass is 10.1. The summed E-state index contributed by atoms with van der Waals surface area (Å²) in [4.78, 5) is 47.1. The monoisotopic (exact) mass is 411 g/mol. The van der Waals surface area contributed by atoms with Gasteiger partial charge in [0.1, 0.15) is 5.58 Å². The fraction of sp³-hybridized carbons (Fsp3) is 0.150. The van der Waals surface area contributed by atoms with Crippen LogP contribution in [0, 0.1) is 17.0 Å². The van der Waals surface area contributed by atoms with Crippen molar-refractivity contribution in [2.45, 2.75) is 13.8 Å².